The number of ketones is 1. The van der Waals surface area contributed by atoms with Gasteiger partial charge in [0.25, 0.3) is 5.91 Å². The minimum absolute atomic E-state index is 0.00948. The fourth-order valence-electron chi connectivity index (χ4n) is 3.40. The molecule has 184 valence electrons. The van der Waals surface area contributed by atoms with Gasteiger partial charge < -0.3 is 14.8 Å². The van der Waals surface area contributed by atoms with Crippen LogP contribution in [0.5, 0.6) is 11.5 Å². The smallest absolute Gasteiger partial charge is 0.257 e. The van der Waals surface area contributed by atoms with Crippen molar-refractivity contribution in [2.45, 2.75) is 6.92 Å². The molecule has 0 saturated heterocycles. The van der Waals surface area contributed by atoms with Crippen molar-refractivity contribution in [1.29, 1.82) is 0 Å². The minimum atomic E-state index is -3.70. The normalized spacial score (nSPS) is 11.0. The van der Waals surface area contributed by atoms with Crippen molar-refractivity contribution in [3.63, 3.8) is 0 Å². The average molecular weight is 517 g/mol. The maximum Gasteiger partial charge on any atom is 0.257 e. The number of ether oxygens (including phenoxy) is 2. The highest BCUT2D eigenvalue weighted by Crippen LogP contribution is 2.36. The van der Waals surface area contributed by atoms with Crippen molar-refractivity contribution >= 4 is 44.7 Å². The number of sulfonamides is 1. The number of carbonyl (C=O) groups is 2. The molecule has 8 nitrogen and oxygen atoms in total. The van der Waals surface area contributed by atoms with Crippen molar-refractivity contribution in [2.24, 2.45) is 0 Å². The Bertz CT molecular complexity index is 1360. The van der Waals surface area contributed by atoms with E-state index in [4.69, 9.17) is 21.1 Å². The maximum atomic E-state index is 13.4. The molecule has 0 fully saturated rings. The average Bonchev–Trinajstić information content (AvgIpc) is 2.88. The molecule has 3 aromatic rings. The van der Waals surface area contributed by atoms with E-state index in [0.29, 0.717) is 10.6 Å². The molecular formula is C25H25ClN2O6S. The third-order valence-corrected chi connectivity index (χ3v) is 7.37. The van der Waals surface area contributed by atoms with E-state index in [1.54, 1.807) is 36.4 Å². The summed E-state index contributed by atoms with van der Waals surface area (Å²) in [6.45, 7) is 1.50. The van der Waals surface area contributed by atoms with E-state index in [0.717, 1.165) is 4.31 Å². The van der Waals surface area contributed by atoms with Crippen LogP contribution in [0.4, 0.5) is 11.4 Å². The summed E-state index contributed by atoms with van der Waals surface area (Å²) in [4.78, 5) is 26.6. The van der Waals surface area contributed by atoms with Crippen molar-refractivity contribution in [3.05, 3.63) is 82.4 Å². The van der Waals surface area contributed by atoms with Gasteiger partial charge in [0.2, 0.25) is 10.0 Å². The summed E-state index contributed by atoms with van der Waals surface area (Å²) in [5.74, 6) is -0.666. The van der Waals surface area contributed by atoms with E-state index in [-0.39, 0.29) is 45.5 Å². The predicted molar refractivity (Wildman–Crippen MR) is 137 cm³/mol. The fraction of sp³-hybridized carbons (Fsp3) is 0.200. The third kappa shape index (κ3) is 5.58. The van der Waals surface area contributed by atoms with Crippen LogP contribution < -0.4 is 19.1 Å². The van der Waals surface area contributed by atoms with Crippen LogP contribution in [0.3, 0.4) is 0 Å². The molecule has 0 unspecified atom stereocenters. The molecule has 0 aliphatic rings. The van der Waals surface area contributed by atoms with Gasteiger partial charge in [-0.25, -0.2) is 8.42 Å². The van der Waals surface area contributed by atoms with Gasteiger partial charge in [-0.15, -0.1) is 0 Å². The molecule has 0 atom stereocenters. The summed E-state index contributed by atoms with van der Waals surface area (Å²) in [5, 5.41) is 3.04. The molecule has 0 radical (unpaired) electrons. The summed E-state index contributed by atoms with van der Waals surface area (Å²) in [6.07, 6.45) is 0. The molecule has 0 aliphatic carbocycles. The molecular weight excluding hydrogens is 492 g/mol. The Balaban J connectivity index is 2.10. The molecule has 0 aromatic heterocycles. The van der Waals surface area contributed by atoms with Crippen molar-refractivity contribution in [1.82, 2.24) is 0 Å². The number of rotatable bonds is 9. The molecule has 35 heavy (non-hydrogen) atoms. The quantitative estimate of drug-likeness (QED) is 0.416. The summed E-state index contributed by atoms with van der Waals surface area (Å²) in [5.41, 5.74) is 0.927. The van der Waals surface area contributed by atoms with Crippen molar-refractivity contribution in [3.8, 4) is 11.5 Å². The molecule has 10 heteroatoms. The molecule has 0 heterocycles. The molecule has 1 N–H and O–H groups in total. The second-order valence-corrected chi connectivity index (χ2v) is 10.2. The van der Waals surface area contributed by atoms with Crippen LogP contribution >= 0.6 is 11.6 Å². The lowest BCUT2D eigenvalue weighted by Crippen LogP contribution is -2.30. The molecule has 1 amide bonds. The van der Waals surface area contributed by atoms with E-state index < -0.39 is 15.9 Å². The Morgan fingerprint density at radius 1 is 0.943 bits per heavy atom. The van der Waals surface area contributed by atoms with Crippen LogP contribution in [-0.2, 0) is 10.0 Å². The van der Waals surface area contributed by atoms with Crippen molar-refractivity contribution < 1.29 is 27.5 Å². The summed E-state index contributed by atoms with van der Waals surface area (Å²) in [6, 6.07) is 15.9. The number of methoxy groups -OCH3 is 2. The molecule has 0 bridgehead atoms. The monoisotopic (exact) mass is 516 g/mol. The number of hydrogen-bond donors (Lipinski definition) is 1. The van der Waals surface area contributed by atoms with Crippen LogP contribution in [0, 0.1) is 0 Å². The first-order valence-corrected chi connectivity index (χ1v) is 12.5. The highest BCUT2D eigenvalue weighted by Gasteiger charge is 2.26. The molecule has 0 saturated carbocycles. The summed E-state index contributed by atoms with van der Waals surface area (Å²) >= 11 is 6.14. The maximum absolute atomic E-state index is 13.4. The Morgan fingerprint density at radius 3 is 2.17 bits per heavy atom. The Kier molecular flexibility index (Phi) is 8.03. The van der Waals surface area contributed by atoms with Gasteiger partial charge in [-0.05, 0) is 31.2 Å². The van der Waals surface area contributed by atoms with Crippen LogP contribution in [0.15, 0.2) is 60.7 Å². The standard InChI is InChI=1S/C25H25ClN2O6S/c1-5-35(31,32)28(2)21-15-23(34-4)22(33-3)14-19(21)25(30)27-20-12-11-17(26)13-18(20)24(29)16-9-7-6-8-10-16/h6-15H,5H2,1-4H3,(H,27,30). The largest absolute Gasteiger partial charge is 0.493 e. The van der Waals surface area contributed by atoms with Gasteiger partial charge >= 0.3 is 0 Å². The molecule has 0 aliphatic heterocycles. The van der Waals surface area contributed by atoms with E-state index in [1.165, 1.54) is 52.5 Å². The van der Waals surface area contributed by atoms with Crippen molar-refractivity contribution in [2.75, 3.05) is 36.6 Å². The summed E-state index contributed by atoms with van der Waals surface area (Å²) < 4.78 is 36.8. The Hall–Kier alpha value is -3.56. The Morgan fingerprint density at radius 2 is 1.57 bits per heavy atom. The first-order valence-electron chi connectivity index (χ1n) is 10.6. The Labute approximate surface area is 209 Å². The van der Waals surface area contributed by atoms with Crippen LogP contribution in [0.25, 0.3) is 0 Å². The number of benzene rings is 3. The zero-order valence-electron chi connectivity index (χ0n) is 19.7. The fourth-order valence-corrected chi connectivity index (χ4v) is 4.41. The van der Waals surface area contributed by atoms with Gasteiger partial charge in [-0.2, -0.15) is 0 Å². The van der Waals surface area contributed by atoms with Gasteiger partial charge in [0.05, 0.1) is 36.9 Å². The van der Waals surface area contributed by atoms with Gasteiger partial charge in [-0.3, -0.25) is 13.9 Å². The number of anilines is 2. The topological polar surface area (TPSA) is 102 Å². The number of hydrogen-bond acceptors (Lipinski definition) is 6. The van der Waals surface area contributed by atoms with Crippen LogP contribution in [-0.4, -0.2) is 47.1 Å². The number of nitrogens with one attached hydrogen (secondary N) is 1. The number of nitrogens with zero attached hydrogens (tertiary/aromatic N) is 1. The highest BCUT2D eigenvalue weighted by molar-refractivity contribution is 7.92. The first kappa shape index (κ1) is 26.1. The SMILES string of the molecule is CCS(=O)(=O)N(C)c1cc(OC)c(OC)cc1C(=O)Nc1ccc(Cl)cc1C(=O)c1ccccc1. The van der Waals surface area contributed by atoms with Crippen LogP contribution in [0.1, 0.15) is 33.2 Å². The van der Waals surface area contributed by atoms with Gasteiger partial charge in [-0.1, -0.05) is 41.9 Å². The zero-order valence-corrected chi connectivity index (χ0v) is 21.2. The highest BCUT2D eigenvalue weighted by atomic mass is 35.5. The third-order valence-electron chi connectivity index (χ3n) is 5.38. The second-order valence-electron chi connectivity index (χ2n) is 7.43. The van der Waals surface area contributed by atoms with Crippen LogP contribution in [0.2, 0.25) is 5.02 Å². The lowest BCUT2D eigenvalue weighted by Gasteiger charge is -2.23. The van der Waals surface area contributed by atoms with E-state index in [2.05, 4.69) is 5.32 Å². The number of halogens is 1. The summed E-state index contributed by atoms with van der Waals surface area (Å²) in [7, 11) is 0.460. The van der Waals surface area contributed by atoms with E-state index in [1.807, 2.05) is 0 Å². The lowest BCUT2D eigenvalue weighted by molar-refractivity contribution is 0.102. The zero-order chi connectivity index (χ0) is 25.8. The number of carbonyl (C=O) groups excluding carboxylic acids is 2. The molecule has 3 rings (SSSR count). The molecule has 0 spiro atoms. The van der Waals surface area contributed by atoms with Gasteiger partial charge in [0.15, 0.2) is 17.3 Å². The molecule has 3 aromatic carbocycles. The number of amides is 1. The first-order chi connectivity index (χ1) is 16.6. The predicted octanol–water partition coefficient (Wildman–Crippen LogP) is 4.63. The minimum Gasteiger partial charge on any atom is -0.493 e. The second kappa shape index (κ2) is 10.8. The van der Waals surface area contributed by atoms with E-state index in [9.17, 15) is 18.0 Å². The lowest BCUT2D eigenvalue weighted by atomic mass is 10.0. The van der Waals surface area contributed by atoms with E-state index >= 15 is 0 Å². The van der Waals surface area contributed by atoms with Gasteiger partial charge in [0.1, 0.15) is 0 Å². The van der Waals surface area contributed by atoms with Gasteiger partial charge in [0, 0.05) is 29.3 Å².